The molecule has 0 saturated heterocycles. The van der Waals surface area contributed by atoms with Gasteiger partial charge in [-0.25, -0.2) is 0 Å². The first-order valence-corrected chi connectivity index (χ1v) is 12.8. The predicted molar refractivity (Wildman–Crippen MR) is 116 cm³/mol. The fourth-order valence-electron chi connectivity index (χ4n) is 3.07. The second-order valence-electron chi connectivity index (χ2n) is 7.44. The molecule has 2 rings (SSSR count). The van der Waals surface area contributed by atoms with Crippen LogP contribution in [0.1, 0.15) is 37.8 Å². The number of hydrogen-bond acceptors (Lipinski definition) is 6. The molecule has 0 aliphatic carbocycles. The highest BCUT2D eigenvalue weighted by atomic mass is 32.2. The molecule has 1 unspecified atom stereocenters. The van der Waals surface area contributed by atoms with Crippen molar-refractivity contribution < 1.29 is 25.2 Å². The van der Waals surface area contributed by atoms with Crippen molar-refractivity contribution in [2.75, 3.05) is 13.2 Å². The summed E-state index contributed by atoms with van der Waals surface area (Å²) in [4.78, 5) is 0.211. The molecule has 0 bridgehead atoms. The highest BCUT2D eigenvalue weighted by Gasteiger charge is 2.26. The smallest absolute Gasteiger partial charge is 0.266 e. The van der Waals surface area contributed by atoms with Crippen LogP contribution in [0.3, 0.4) is 0 Å². The maximum Gasteiger partial charge on any atom is 0.296 e. The Kier molecular flexibility index (Phi) is 8.61. The first kappa shape index (κ1) is 24.5. The Bertz CT molecular complexity index is 925. The van der Waals surface area contributed by atoms with Crippen LogP contribution in [0.2, 0.25) is 0 Å². The summed E-state index contributed by atoms with van der Waals surface area (Å²) in [7, 11) is -7.75. The van der Waals surface area contributed by atoms with Gasteiger partial charge < -0.3 is 0 Å². The number of aryl methyl sites for hydroxylation is 2. The normalized spacial score (nSPS) is 14.4. The van der Waals surface area contributed by atoms with Crippen LogP contribution in [0.5, 0.6) is 0 Å². The van der Waals surface area contributed by atoms with Crippen LogP contribution in [0.25, 0.3) is 0 Å². The molecular weight excluding hydrogens is 424 g/mol. The number of benzene rings is 2. The third-order valence-corrected chi connectivity index (χ3v) is 7.80. The minimum absolute atomic E-state index is 0.0286. The molecule has 0 heterocycles. The van der Waals surface area contributed by atoms with E-state index in [2.05, 4.69) is 0 Å². The molecule has 30 heavy (non-hydrogen) atoms. The Balaban J connectivity index is 2.02. The molecule has 0 amide bonds. The summed E-state index contributed by atoms with van der Waals surface area (Å²) < 4.78 is 60.4. The summed E-state index contributed by atoms with van der Waals surface area (Å²) in [5.74, 6) is -0.327. The van der Waals surface area contributed by atoms with E-state index in [0.29, 0.717) is 12.8 Å². The van der Waals surface area contributed by atoms with E-state index in [1.165, 1.54) is 24.3 Å². The zero-order valence-corrected chi connectivity index (χ0v) is 19.5. The fraction of sp³-hybridized carbons (Fsp3) is 0.455. The highest BCUT2D eigenvalue weighted by molar-refractivity contribution is 7.87. The largest absolute Gasteiger partial charge is 0.296 e. The van der Waals surface area contributed by atoms with Crippen LogP contribution in [-0.4, -0.2) is 30.0 Å². The minimum Gasteiger partial charge on any atom is -0.266 e. The molecule has 0 spiro atoms. The van der Waals surface area contributed by atoms with Crippen molar-refractivity contribution in [2.24, 2.45) is 11.8 Å². The van der Waals surface area contributed by atoms with Gasteiger partial charge in [-0.05, 0) is 49.9 Å². The van der Waals surface area contributed by atoms with Gasteiger partial charge in [-0.1, -0.05) is 62.1 Å². The van der Waals surface area contributed by atoms with E-state index in [1.54, 1.807) is 24.3 Å². The van der Waals surface area contributed by atoms with Gasteiger partial charge in [-0.2, -0.15) is 16.8 Å². The molecule has 0 N–H and O–H groups in total. The number of hydrogen-bond donors (Lipinski definition) is 0. The third kappa shape index (κ3) is 6.63. The Labute approximate surface area is 180 Å². The Morgan fingerprint density at radius 1 is 0.633 bits per heavy atom. The first-order chi connectivity index (χ1) is 14.1. The zero-order valence-electron chi connectivity index (χ0n) is 17.9. The third-order valence-electron chi connectivity index (χ3n) is 5.21. The van der Waals surface area contributed by atoms with Crippen LogP contribution in [-0.2, 0) is 28.6 Å². The van der Waals surface area contributed by atoms with Crippen molar-refractivity contribution in [3.05, 3.63) is 59.7 Å². The van der Waals surface area contributed by atoms with Crippen LogP contribution in [0.4, 0.5) is 0 Å². The summed E-state index contributed by atoms with van der Waals surface area (Å²) in [6, 6.07) is 12.9. The van der Waals surface area contributed by atoms with Crippen molar-refractivity contribution in [3.63, 3.8) is 0 Å². The topological polar surface area (TPSA) is 86.7 Å². The van der Waals surface area contributed by atoms with E-state index in [9.17, 15) is 16.8 Å². The van der Waals surface area contributed by atoms with Gasteiger partial charge in [0, 0.05) is 0 Å². The summed E-state index contributed by atoms with van der Waals surface area (Å²) in [6.45, 7) is 7.54. The first-order valence-electron chi connectivity index (χ1n) is 10.0. The zero-order chi connectivity index (χ0) is 22.4. The van der Waals surface area contributed by atoms with E-state index in [1.807, 2.05) is 27.7 Å². The van der Waals surface area contributed by atoms with Crippen LogP contribution < -0.4 is 0 Å². The molecule has 0 radical (unpaired) electrons. The quantitative estimate of drug-likeness (QED) is 0.466. The SMILES string of the molecule is CCC(COS(=O)(=O)c1ccc(C)cc1)[C@@H](CC)COS(=O)(=O)c1ccc(C)cc1. The molecule has 2 atom stereocenters. The Morgan fingerprint density at radius 3 is 1.20 bits per heavy atom. The average Bonchev–Trinajstić information content (AvgIpc) is 2.71. The van der Waals surface area contributed by atoms with Crippen molar-refractivity contribution in [2.45, 2.75) is 50.3 Å². The van der Waals surface area contributed by atoms with E-state index in [-0.39, 0.29) is 34.8 Å². The molecular formula is C22H30O6S2. The van der Waals surface area contributed by atoms with Crippen molar-refractivity contribution >= 4 is 20.2 Å². The summed E-state index contributed by atoms with van der Waals surface area (Å²) in [5, 5.41) is 0. The van der Waals surface area contributed by atoms with Gasteiger partial charge >= 0.3 is 0 Å². The van der Waals surface area contributed by atoms with E-state index in [0.717, 1.165) is 11.1 Å². The van der Waals surface area contributed by atoms with Gasteiger partial charge in [-0.15, -0.1) is 0 Å². The molecule has 6 nitrogen and oxygen atoms in total. The maximum absolute atomic E-state index is 12.5. The highest BCUT2D eigenvalue weighted by Crippen LogP contribution is 2.25. The lowest BCUT2D eigenvalue weighted by molar-refractivity contribution is 0.140. The van der Waals surface area contributed by atoms with Crippen LogP contribution in [0, 0.1) is 25.7 Å². The summed E-state index contributed by atoms with van der Waals surface area (Å²) in [6.07, 6.45) is 1.27. The van der Waals surface area contributed by atoms with Crippen molar-refractivity contribution in [1.29, 1.82) is 0 Å². The fourth-order valence-corrected chi connectivity index (χ4v) is 4.99. The summed E-state index contributed by atoms with van der Waals surface area (Å²) in [5.41, 5.74) is 1.91. The van der Waals surface area contributed by atoms with Gasteiger partial charge in [0.15, 0.2) is 0 Å². The van der Waals surface area contributed by atoms with E-state index in [4.69, 9.17) is 8.37 Å². The predicted octanol–water partition coefficient (Wildman–Crippen LogP) is 4.47. The van der Waals surface area contributed by atoms with Gasteiger partial charge in [0.2, 0.25) is 0 Å². The minimum atomic E-state index is -3.87. The van der Waals surface area contributed by atoms with Crippen molar-refractivity contribution in [3.8, 4) is 0 Å². The van der Waals surface area contributed by atoms with Crippen LogP contribution in [0.15, 0.2) is 58.3 Å². The standard InChI is InChI=1S/C22H30O6S2/c1-5-19(15-27-29(23,24)21-11-7-17(3)8-12-21)20(6-2)16-28-30(25,26)22-13-9-18(4)10-14-22/h7-14,19-20H,5-6,15-16H2,1-4H3/t19-,20?/m0/s1. The monoisotopic (exact) mass is 454 g/mol. The maximum atomic E-state index is 12.5. The lowest BCUT2D eigenvalue weighted by Gasteiger charge is -2.24. The second kappa shape index (κ2) is 10.5. The molecule has 2 aromatic rings. The lowest BCUT2D eigenvalue weighted by atomic mass is 9.89. The van der Waals surface area contributed by atoms with Crippen molar-refractivity contribution in [1.82, 2.24) is 0 Å². The summed E-state index contributed by atoms with van der Waals surface area (Å²) >= 11 is 0. The van der Waals surface area contributed by atoms with E-state index < -0.39 is 20.2 Å². The molecule has 8 heteroatoms. The van der Waals surface area contributed by atoms with Gasteiger partial charge in [0.1, 0.15) is 0 Å². The Morgan fingerprint density at radius 2 is 0.933 bits per heavy atom. The van der Waals surface area contributed by atoms with Gasteiger partial charge in [-0.3, -0.25) is 8.37 Å². The van der Waals surface area contributed by atoms with E-state index >= 15 is 0 Å². The molecule has 0 aromatic heterocycles. The lowest BCUT2D eigenvalue weighted by Crippen LogP contribution is -2.26. The molecule has 0 aliphatic heterocycles. The molecule has 2 aromatic carbocycles. The van der Waals surface area contributed by atoms with Gasteiger partial charge in [0.05, 0.1) is 23.0 Å². The molecule has 0 fully saturated rings. The Hall–Kier alpha value is -1.74. The molecule has 0 aliphatic rings. The van der Waals surface area contributed by atoms with Crippen LogP contribution >= 0.6 is 0 Å². The molecule has 166 valence electrons. The molecule has 0 saturated carbocycles. The number of rotatable bonds is 11. The average molecular weight is 455 g/mol. The second-order valence-corrected chi connectivity index (χ2v) is 10.7. The van der Waals surface area contributed by atoms with Gasteiger partial charge in [0.25, 0.3) is 20.2 Å².